The number of terminal acetylenes is 1. The molecule has 0 amide bonds. The van der Waals surface area contributed by atoms with E-state index in [4.69, 9.17) is 32.2 Å². The fourth-order valence-corrected chi connectivity index (χ4v) is 3.91. The lowest BCUT2D eigenvalue weighted by Crippen LogP contribution is -2.47. The van der Waals surface area contributed by atoms with Gasteiger partial charge in [0.2, 0.25) is 5.88 Å². The van der Waals surface area contributed by atoms with Crippen LogP contribution in [0.3, 0.4) is 0 Å². The summed E-state index contributed by atoms with van der Waals surface area (Å²) in [6.45, 7) is 5.96. The van der Waals surface area contributed by atoms with Crippen molar-refractivity contribution in [3.63, 3.8) is 0 Å². The zero-order valence-electron chi connectivity index (χ0n) is 19.3. The number of methoxy groups -OCH3 is 2. The molecule has 1 aliphatic rings. The third-order valence-corrected chi connectivity index (χ3v) is 5.94. The van der Waals surface area contributed by atoms with E-state index in [2.05, 4.69) is 36.0 Å². The van der Waals surface area contributed by atoms with Crippen molar-refractivity contribution >= 4 is 34.1 Å². The molecule has 3 aromatic rings. The SMILES string of the molecule is C#CCN1CCN(CCOc2cc3ncnc(Nc4nc(OC)ccc4Cl)c3cc2OC)CC1. The highest BCUT2D eigenvalue weighted by Gasteiger charge is 2.17. The number of ether oxygens (including phenoxy) is 3. The van der Waals surface area contributed by atoms with Gasteiger partial charge in [-0.1, -0.05) is 17.5 Å². The maximum absolute atomic E-state index is 6.30. The number of fused-ring (bicyclic) bond motifs is 1. The van der Waals surface area contributed by atoms with E-state index in [1.807, 2.05) is 12.1 Å². The lowest BCUT2D eigenvalue weighted by atomic mass is 10.2. The molecule has 1 saturated heterocycles. The van der Waals surface area contributed by atoms with Crippen LogP contribution in [0, 0.1) is 12.3 Å². The lowest BCUT2D eigenvalue weighted by Gasteiger charge is -2.33. The Labute approximate surface area is 204 Å². The van der Waals surface area contributed by atoms with Gasteiger partial charge < -0.3 is 19.5 Å². The number of halogens is 1. The summed E-state index contributed by atoms with van der Waals surface area (Å²) in [5.41, 5.74) is 0.704. The molecule has 9 nitrogen and oxygen atoms in total. The van der Waals surface area contributed by atoms with Crippen molar-refractivity contribution in [2.45, 2.75) is 0 Å². The number of aromatic nitrogens is 3. The average Bonchev–Trinajstić information content (AvgIpc) is 2.86. The predicted octanol–water partition coefficient (Wildman–Crippen LogP) is 3.07. The Morgan fingerprint density at radius 3 is 2.56 bits per heavy atom. The zero-order valence-corrected chi connectivity index (χ0v) is 20.0. The molecule has 10 heteroatoms. The first-order chi connectivity index (χ1) is 16.6. The summed E-state index contributed by atoms with van der Waals surface area (Å²) < 4.78 is 16.9. The highest BCUT2D eigenvalue weighted by atomic mass is 35.5. The number of nitrogens with zero attached hydrogens (tertiary/aromatic N) is 5. The molecule has 0 radical (unpaired) electrons. The normalized spacial score (nSPS) is 14.5. The Hall–Kier alpha value is -3.32. The summed E-state index contributed by atoms with van der Waals surface area (Å²) in [5, 5.41) is 4.36. The molecule has 2 aromatic heterocycles. The molecule has 0 saturated carbocycles. The predicted molar refractivity (Wildman–Crippen MR) is 132 cm³/mol. The molecule has 0 unspecified atom stereocenters. The largest absolute Gasteiger partial charge is 0.493 e. The van der Waals surface area contributed by atoms with Gasteiger partial charge in [0.05, 0.1) is 31.3 Å². The summed E-state index contributed by atoms with van der Waals surface area (Å²) >= 11 is 6.30. The van der Waals surface area contributed by atoms with E-state index in [9.17, 15) is 0 Å². The summed E-state index contributed by atoms with van der Waals surface area (Å²) in [5.74, 6) is 5.34. The summed E-state index contributed by atoms with van der Waals surface area (Å²) in [7, 11) is 3.15. The summed E-state index contributed by atoms with van der Waals surface area (Å²) in [4.78, 5) is 17.8. The molecular formula is C24H27ClN6O3. The highest BCUT2D eigenvalue weighted by Crippen LogP contribution is 2.35. The van der Waals surface area contributed by atoms with E-state index in [-0.39, 0.29) is 0 Å². The fourth-order valence-electron chi connectivity index (χ4n) is 3.76. The fraction of sp³-hybridized carbons (Fsp3) is 0.375. The summed E-state index contributed by atoms with van der Waals surface area (Å²) in [6.07, 6.45) is 6.88. The molecule has 0 spiro atoms. The Morgan fingerprint density at radius 2 is 1.82 bits per heavy atom. The zero-order chi connectivity index (χ0) is 23.9. The molecule has 1 aliphatic heterocycles. The number of pyridine rings is 1. The van der Waals surface area contributed by atoms with Gasteiger partial charge in [-0.2, -0.15) is 4.98 Å². The van der Waals surface area contributed by atoms with Gasteiger partial charge in [0, 0.05) is 50.2 Å². The maximum Gasteiger partial charge on any atom is 0.214 e. The second-order valence-corrected chi connectivity index (χ2v) is 8.13. The molecule has 0 atom stereocenters. The number of hydrogen-bond donors (Lipinski definition) is 1. The van der Waals surface area contributed by atoms with E-state index >= 15 is 0 Å². The van der Waals surface area contributed by atoms with Gasteiger partial charge in [0.1, 0.15) is 18.8 Å². The van der Waals surface area contributed by atoms with Crippen LogP contribution in [0.1, 0.15) is 0 Å². The number of benzene rings is 1. The van der Waals surface area contributed by atoms with Crippen LogP contribution in [0.4, 0.5) is 11.6 Å². The van der Waals surface area contributed by atoms with Gasteiger partial charge in [-0.15, -0.1) is 6.42 Å². The second-order valence-electron chi connectivity index (χ2n) is 7.72. The van der Waals surface area contributed by atoms with E-state index in [0.29, 0.717) is 52.7 Å². The van der Waals surface area contributed by atoms with Gasteiger partial charge in [-0.05, 0) is 12.1 Å². The van der Waals surface area contributed by atoms with E-state index < -0.39 is 0 Å². The number of nitrogens with one attached hydrogen (secondary N) is 1. The Morgan fingerprint density at radius 1 is 1.03 bits per heavy atom. The van der Waals surface area contributed by atoms with Crippen molar-refractivity contribution in [3.8, 4) is 29.7 Å². The Kier molecular flexibility index (Phi) is 7.85. The quantitative estimate of drug-likeness (QED) is 0.462. The molecule has 1 N–H and O–H groups in total. The van der Waals surface area contributed by atoms with Gasteiger partial charge in [-0.25, -0.2) is 9.97 Å². The first kappa shape index (κ1) is 23.8. The Balaban J connectivity index is 1.47. The molecular weight excluding hydrogens is 456 g/mol. The lowest BCUT2D eigenvalue weighted by molar-refractivity contribution is 0.125. The molecule has 0 aliphatic carbocycles. The van der Waals surface area contributed by atoms with E-state index in [1.54, 1.807) is 26.4 Å². The van der Waals surface area contributed by atoms with Crippen LogP contribution in [0.15, 0.2) is 30.6 Å². The van der Waals surface area contributed by atoms with Gasteiger partial charge >= 0.3 is 0 Å². The second kappa shape index (κ2) is 11.2. The molecule has 1 aromatic carbocycles. The van der Waals surface area contributed by atoms with E-state index in [1.165, 1.54) is 6.33 Å². The van der Waals surface area contributed by atoms with Crippen LogP contribution in [0.2, 0.25) is 5.02 Å². The molecule has 1 fully saturated rings. The number of piperazine rings is 1. The number of anilines is 2. The smallest absolute Gasteiger partial charge is 0.214 e. The first-order valence-electron chi connectivity index (χ1n) is 10.9. The third-order valence-electron chi connectivity index (χ3n) is 5.63. The number of hydrogen-bond acceptors (Lipinski definition) is 9. The standard InChI is InChI=1S/C24H27ClN6O3/c1-4-7-30-8-10-31(11-9-30)12-13-34-21-15-19-17(14-20(21)32-2)23(27-16-26-19)29-24-18(25)5-6-22(28-24)33-3/h1,5-6,14-16H,7-13H2,2-3H3,(H,26,27,28,29). The van der Waals surface area contributed by atoms with Crippen LogP contribution >= 0.6 is 11.6 Å². The van der Waals surface area contributed by atoms with Gasteiger partial charge in [0.15, 0.2) is 17.3 Å². The van der Waals surface area contributed by atoms with Gasteiger partial charge in [0.25, 0.3) is 0 Å². The van der Waals surface area contributed by atoms with Crippen molar-refractivity contribution in [2.24, 2.45) is 0 Å². The van der Waals surface area contributed by atoms with E-state index in [0.717, 1.165) is 38.1 Å². The van der Waals surface area contributed by atoms with Crippen molar-refractivity contribution in [1.29, 1.82) is 0 Å². The third kappa shape index (κ3) is 5.59. The molecule has 34 heavy (non-hydrogen) atoms. The minimum atomic E-state index is 0.433. The topological polar surface area (TPSA) is 84.9 Å². The molecule has 3 heterocycles. The minimum absolute atomic E-state index is 0.433. The van der Waals surface area contributed by atoms with Crippen molar-refractivity contribution in [2.75, 3.05) is 65.4 Å². The molecule has 0 bridgehead atoms. The number of rotatable bonds is 9. The van der Waals surface area contributed by atoms with Crippen LogP contribution in [-0.4, -0.2) is 84.8 Å². The van der Waals surface area contributed by atoms with Crippen molar-refractivity contribution in [1.82, 2.24) is 24.8 Å². The molecule has 178 valence electrons. The van der Waals surface area contributed by atoms with Crippen LogP contribution in [0.5, 0.6) is 17.4 Å². The van der Waals surface area contributed by atoms with Crippen LogP contribution < -0.4 is 19.5 Å². The van der Waals surface area contributed by atoms with Crippen molar-refractivity contribution < 1.29 is 14.2 Å². The maximum atomic E-state index is 6.30. The van der Waals surface area contributed by atoms with Gasteiger partial charge in [-0.3, -0.25) is 9.80 Å². The summed E-state index contributed by atoms with van der Waals surface area (Å²) in [6, 6.07) is 7.10. The Bertz CT molecular complexity index is 1180. The van der Waals surface area contributed by atoms with Crippen molar-refractivity contribution in [3.05, 3.63) is 35.6 Å². The minimum Gasteiger partial charge on any atom is -0.493 e. The van der Waals surface area contributed by atoms with Crippen LogP contribution in [-0.2, 0) is 0 Å². The average molecular weight is 483 g/mol. The molecule has 4 rings (SSSR count). The van der Waals surface area contributed by atoms with Crippen LogP contribution in [0.25, 0.3) is 10.9 Å². The first-order valence-corrected chi connectivity index (χ1v) is 11.3. The highest BCUT2D eigenvalue weighted by molar-refractivity contribution is 6.33. The monoisotopic (exact) mass is 482 g/mol.